The minimum atomic E-state index is -0.213. The van der Waals surface area contributed by atoms with E-state index in [0.29, 0.717) is 11.3 Å². The van der Waals surface area contributed by atoms with E-state index in [1.54, 1.807) is 55.6 Å². The zero-order valence-electron chi connectivity index (χ0n) is 19.0. The molecule has 1 aliphatic rings. The van der Waals surface area contributed by atoms with Crippen LogP contribution in [0.5, 0.6) is 5.75 Å². The predicted octanol–water partition coefficient (Wildman–Crippen LogP) is 3.83. The molecule has 3 aromatic rings. The Bertz CT molecular complexity index is 1090. The van der Waals surface area contributed by atoms with Gasteiger partial charge in [0, 0.05) is 41.4 Å². The van der Waals surface area contributed by atoms with Crippen molar-refractivity contribution in [2.75, 3.05) is 60.8 Å². The lowest BCUT2D eigenvalue weighted by atomic mass is 10.2. The summed E-state index contributed by atoms with van der Waals surface area (Å²) in [6, 6.07) is 21.9. The fourth-order valence-corrected chi connectivity index (χ4v) is 3.58. The smallest absolute Gasteiger partial charge is 0.255 e. The van der Waals surface area contributed by atoms with Crippen LogP contribution in [-0.4, -0.2) is 51.8 Å². The number of benzene rings is 3. The number of carbonyl (C=O) groups excluding carboxylic acids is 2. The third-order valence-electron chi connectivity index (χ3n) is 5.48. The highest BCUT2D eigenvalue weighted by Gasteiger charge is 2.11. The third-order valence-corrected chi connectivity index (χ3v) is 5.48. The van der Waals surface area contributed by atoms with Crippen molar-refractivity contribution in [1.29, 1.82) is 0 Å². The summed E-state index contributed by atoms with van der Waals surface area (Å²) in [5.74, 6) is 0.359. The minimum Gasteiger partial charge on any atom is -0.497 e. The standard InChI is InChI=1S/C26H28N4O4/c1-33-24-12-8-22(9-13-24)29-26(32)19-2-4-20(5-3-19)27-18-25(31)28-21-6-10-23(11-7-21)30-14-16-34-17-15-30/h2-13,27H,14-18H2,1H3,(H,28,31)(H,29,32). The van der Waals surface area contributed by atoms with E-state index in [4.69, 9.17) is 9.47 Å². The molecule has 176 valence electrons. The molecule has 3 N–H and O–H groups in total. The second-order valence-electron chi connectivity index (χ2n) is 7.81. The minimum absolute atomic E-state index is 0.114. The molecule has 1 saturated heterocycles. The number of morpholine rings is 1. The van der Waals surface area contributed by atoms with Gasteiger partial charge in [0.15, 0.2) is 0 Å². The first-order chi connectivity index (χ1) is 16.6. The second-order valence-corrected chi connectivity index (χ2v) is 7.81. The third kappa shape index (κ3) is 6.26. The Hall–Kier alpha value is -4.04. The van der Waals surface area contributed by atoms with Crippen molar-refractivity contribution in [1.82, 2.24) is 0 Å². The highest BCUT2D eigenvalue weighted by atomic mass is 16.5. The van der Waals surface area contributed by atoms with Gasteiger partial charge in [-0.2, -0.15) is 0 Å². The van der Waals surface area contributed by atoms with E-state index in [9.17, 15) is 9.59 Å². The van der Waals surface area contributed by atoms with Gasteiger partial charge in [0.05, 0.1) is 26.9 Å². The van der Waals surface area contributed by atoms with Crippen LogP contribution in [0.3, 0.4) is 0 Å². The van der Waals surface area contributed by atoms with E-state index in [1.807, 2.05) is 24.3 Å². The summed E-state index contributed by atoms with van der Waals surface area (Å²) in [4.78, 5) is 27.0. The van der Waals surface area contributed by atoms with Gasteiger partial charge in [-0.05, 0) is 72.8 Å². The van der Waals surface area contributed by atoms with Crippen LogP contribution in [0.4, 0.5) is 22.7 Å². The van der Waals surface area contributed by atoms with Crippen LogP contribution in [-0.2, 0) is 9.53 Å². The quantitative estimate of drug-likeness (QED) is 0.473. The molecule has 0 aliphatic carbocycles. The monoisotopic (exact) mass is 460 g/mol. The summed E-state index contributed by atoms with van der Waals surface area (Å²) in [5.41, 5.74) is 3.82. The molecular formula is C26H28N4O4. The number of nitrogens with zero attached hydrogens (tertiary/aromatic N) is 1. The summed E-state index contributed by atoms with van der Waals surface area (Å²) < 4.78 is 10.5. The highest BCUT2D eigenvalue weighted by molar-refractivity contribution is 6.04. The lowest BCUT2D eigenvalue weighted by molar-refractivity contribution is -0.114. The summed E-state index contributed by atoms with van der Waals surface area (Å²) >= 11 is 0. The lowest BCUT2D eigenvalue weighted by Gasteiger charge is -2.28. The Morgan fingerprint density at radius 1 is 0.824 bits per heavy atom. The average Bonchev–Trinajstić information content (AvgIpc) is 2.89. The number of hydrogen-bond acceptors (Lipinski definition) is 6. The van der Waals surface area contributed by atoms with E-state index in [0.717, 1.165) is 49.1 Å². The number of ether oxygens (including phenoxy) is 2. The van der Waals surface area contributed by atoms with Crippen molar-refractivity contribution < 1.29 is 19.1 Å². The maximum atomic E-state index is 12.4. The van der Waals surface area contributed by atoms with Crippen molar-refractivity contribution in [3.63, 3.8) is 0 Å². The van der Waals surface area contributed by atoms with Crippen molar-refractivity contribution in [2.24, 2.45) is 0 Å². The van der Waals surface area contributed by atoms with Gasteiger partial charge in [0.2, 0.25) is 5.91 Å². The van der Waals surface area contributed by atoms with E-state index < -0.39 is 0 Å². The number of methoxy groups -OCH3 is 1. The van der Waals surface area contributed by atoms with Crippen molar-refractivity contribution in [2.45, 2.75) is 0 Å². The summed E-state index contributed by atoms with van der Waals surface area (Å²) in [6.45, 7) is 3.33. The fourth-order valence-electron chi connectivity index (χ4n) is 3.58. The Morgan fingerprint density at radius 3 is 2.06 bits per heavy atom. The van der Waals surface area contributed by atoms with Gasteiger partial charge in [0.1, 0.15) is 5.75 Å². The molecule has 8 nitrogen and oxygen atoms in total. The number of carbonyl (C=O) groups is 2. The molecule has 34 heavy (non-hydrogen) atoms. The van der Waals surface area contributed by atoms with Crippen molar-refractivity contribution in [3.05, 3.63) is 78.4 Å². The number of anilines is 4. The van der Waals surface area contributed by atoms with E-state index >= 15 is 0 Å². The topological polar surface area (TPSA) is 91.9 Å². The number of nitrogens with one attached hydrogen (secondary N) is 3. The molecule has 0 bridgehead atoms. The van der Waals surface area contributed by atoms with Crippen LogP contribution < -0.4 is 25.6 Å². The molecule has 0 atom stereocenters. The zero-order chi connectivity index (χ0) is 23.8. The number of amides is 2. The normalized spacial score (nSPS) is 13.1. The summed E-state index contributed by atoms with van der Waals surface area (Å²) in [6.07, 6.45) is 0. The SMILES string of the molecule is COc1ccc(NC(=O)c2ccc(NCC(=O)Nc3ccc(N4CCOCC4)cc3)cc2)cc1. The van der Waals surface area contributed by atoms with E-state index in [1.165, 1.54) is 0 Å². The van der Waals surface area contributed by atoms with Crippen LogP contribution in [0.1, 0.15) is 10.4 Å². The molecule has 8 heteroatoms. The highest BCUT2D eigenvalue weighted by Crippen LogP contribution is 2.19. The number of rotatable bonds is 8. The molecule has 4 rings (SSSR count). The Kier molecular flexibility index (Phi) is 7.62. The molecule has 0 spiro atoms. The van der Waals surface area contributed by atoms with Gasteiger partial charge in [-0.15, -0.1) is 0 Å². The van der Waals surface area contributed by atoms with Crippen LogP contribution in [0, 0.1) is 0 Å². The Labute approximate surface area is 198 Å². The van der Waals surface area contributed by atoms with Crippen LogP contribution in [0.25, 0.3) is 0 Å². The Balaban J connectivity index is 1.24. The average molecular weight is 461 g/mol. The fraction of sp³-hybridized carbons (Fsp3) is 0.231. The zero-order valence-corrected chi connectivity index (χ0v) is 19.0. The van der Waals surface area contributed by atoms with Gasteiger partial charge < -0.3 is 30.3 Å². The van der Waals surface area contributed by atoms with Crippen LogP contribution >= 0.6 is 0 Å². The molecule has 0 aromatic heterocycles. The molecule has 0 saturated carbocycles. The van der Waals surface area contributed by atoms with Crippen LogP contribution in [0.2, 0.25) is 0 Å². The molecule has 3 aromatic carbocycles. The van der Waals surface area contributed by atoms with Crippen LogP contribution in [0.15, 0.2) is 72.8 Å². The molecule has 1 aliphatic heterocycles. The Morgan fingerprint density at radius 2 is 1.41 bits per heavy atom. The first-order valence-corrected chi connectivity index (χ1v) is 11.1. The lowest BCUT2D eigenvalue weighted by Crippen LogP contribution is -2.36. The van der Waals surface area contributed by atoms with Crippen molar-refractivity contribution in [3.8, 4) is 5.75 Å². The molecule has 0 unspecified atom stereocenters. The predicted molar refractivity (Wildman–Crippen MR) is 134 cm³/mol. The van der Waals surface area contributed by atoms with Gasteiger partial charge in [-0.25, -0.2) is 0 Å². The maximum absolute atomic E-state index is 12.4. The molecule has 1 heterocycles. The van der Waals surface area contributed by atoms with E-state index in [2.05, 4.69) is 20.9 Å². The van der Waals surface area contributed by atoms with Crippen molar-refractivity contribution >= 4 is 34.6 Å². The first-order valence-electron chi connectivity index (χ1n) is 11.1. The largest absolute Gasteiger partial charge is 0.497 e. The molecule has 0 radical (unpaired) electrons. The summed E-state index contributed by atoms with van der Waals surface area (Å²) in [7, 11) is 1.59. The second kappa shape index (κ2) is 11.2. The van der Waals surface area contributed by atoms with Gasteiger partial charge in [-0.1, -0.05) is 0 Å². The molecule has 2 amide bonds. The van der Waals surface area contributed by atoms with Gasteiger partial charge >= 0.3 is 0 Å². The molecule has 1 fully saturated rings. The summed E-state index contributed by atoms with van der Waals surface area (Å²) in [5, 5.41) is 8.81. The van der Waals surface area contributed by atoms with Gasteiger partial charge in [-0.3, -0.25) is 9.59 Å². The first kappa shape index (κ1) is 23.1. The van der Waals surface area contributed by atoms with E-state index in [-0.39, 0.29) is 18.4 Å². The molecular weight excluding hydrogens is 432 g/mol. The number of hydrogen-bond donors (Lipinski definition) is 3. The van der Waals surface area contributed by atoms with Gasteiger partial charge in [0.25, 0.3) is 5.91 Å². The maximum Gasteiger partial charge on any atom is 0.255 e.